The second kappa shape index (κ2) is 7.28. The smallest absolute Gasteiger partial charge is 0.343 e. The lowest BCUT2D eigenvalue weighted by molar-refractivity contribution is 0.0596. The van der Waals surface area contributed by atoms with Gasteiger partial charge in [-0.1, -0.05) is 6.07 Å². The van der Waals surface area contributed by atoms with E-state index in [1.54, 1.807) is 18.2 Å². The summed E-state index contributed by atoms with van der Waals surface area (Å²) in [5.41, 5.74) is 6.51. The van der Waals surface area contributed by atoms with Crippen LogP contribution in [0.3, 0.4) is 0 Å². The van der Waals surface area contributed by atoms with Crippen LogP contribution >= 0.6 is 0 Å². The van der Waals surface area contributed by atoms with Gasteiger partial charge in [-0.05, 0) is 19.2 Å². The third kappa shape index (κ3) is 4.09. The number of hydrogen-bond acceptors (Lipinski definition) is 6. The Morgan fingerprint density at radius 1 is 1.29 bits per heavy atom. The lowest BCUT2D eigenvalue weighted by atomic mass is 10.1. The van der Waals surface area contributed by atoms with E-state index in [4.69, 9.17) is 15.2 Å². The normalized spacial score (nSPS) is 16.7. The van der Waals surface area contributed by atoms with Crippen LogP contribution in [-0.4, -0.2) is 69.3 Å². The van der Waals surface area contributed by atoms with Gasteiger partial charge in [0, 0.05) is 38.4 Å². The molecule has 0 spiro atoms. The molecule has 1 aromatic carbocycles. The molecule has 0 unspecified atom stereocenters. The number of nitrogens with two attached hydrogens (primary N) is 1. The van der Waals surface area contributed by atoms with Crippen molar-refractivity contribution < 1.29 is 14.3 Å². The third-order valence-corrected chi connectivity index (χ3v) is 3.71. The Hall–Kier alpha value is -1.79. The predicted octanol–water partition coefficient (Wildman–Crippen LogP) is 0.682. The molecule has 0 saturated carbocycles. The van der Waals surface area contributed by atoms with Crippen LogP contribution in [0.25, 0.3) is 0 Å². The molecule has 1 heterocycles. The maximum atomic E-state index is 11.8. The Balaban J connectivity index is 1.91. The minimum atomic E-state index is -0.470. The summed E-state index contributed by atoms with van der Waals surface area (Å²) in [4.78, 5) is 16.4. The van der Waals surface area contributed by atoms with Crippen molar-refractivity contribution >= 4 is 11.7 Å². The molecule has 0 bridgehead atoms. The molecule has 6 heteroatoms. The molecular formula is C15H23N3O3. The lowest BCUT2D eigenvalue weighted by Gasteiger charge is -2.32. The Labute approximate surface area is 125 Å². The van der Waals surface area contributed by atoms with Crippen molar-refractivity contribution in [1.82, 2.24) is 9.80 Å². The highest BCUT2D eigenvalue weighted by Gasteiger charge is 2.17. The number of anilines is 1. The molecule has 0 amide bonds. The number of nitrogens with zero attached hydrogens (tertiary/aromatic N) is 2. The highest BCUT2D eigenvalue weighted by atomic mass is 16.5. The van der Waals surface area contributed by atoms with Crippen LogP contribution in [0.15, 0.2) is 18.2 Å². The van der Waals surface area contributed by atoms with E-state index in [9.17, 15) is 4.79 Å². The third-order valence-electron chi connectivity index (χ3n) is 3.71. The largest absolute Gasteiger partial charge is 0.491 e. The number of rotatable bonds is 5. The average molecular weight is 293 g/mol. The van der Waals surface area contributed by atoms with Gasteiger partial charge in [-0.15, -0.1) is 0 Å². The van der Waals surface area contributed by atoms with Crippen molar-refractivity contribution in [3.05, 3.63) is 23.8 Å². The maximum absolute atomic E-state index is 11.8. The van der Waals surface area contributed by atoms with Gasteiger partial charge in [-0.25, -0.2) is 4.79 Å². The van der Waals surface area contributed by atoms with E-state index in [0.717, 1.165) is 32.7 Å². The SMILES string of the molecule is COC(=O)c1c(N)cccc1OCCN1CCN(C)CC1. The van der Waals surface area contributed by atoms with Gasteiger partial charge in [0.2, 0.25) is 0 Å². The first-order chi connectivity index (χ1) is 10.1. The summed E-state index contributed by atoms with van der Waals surface area (Å²) in [7, 11) is 3.46. The molecule has 1 saturated heterocycles. The van der Waals surface area contributed by atoms with Gasteiger partial charge in [0.05, 0.1) is 7.11 Å². The molecule has 1 fully saturated rings. The molecule has 1 aliphatic heterocycles. The number of ether oxygens (including phenoxy) is 2. The van der Waals surface area contributed by atoms with Gasteiger partial charge < -0.3 is 20.1 Å². The number of hydrogen-bond donors (Lipinski definition) is 1. The Morgan fingerprint density at radius 2 is 2.00 bits per heavy atom. The molecule has 21 heavy (non-hydrogen) atoms. The number of nitrogen functional groups attached to an aromatic ring is 1. The van der Waals surface area contributed by atoms with Crippen LogP contribution in [0.1, 0.15) is 10.4 Å². The van der Waals surface area contributed by atoms with E-state index in [0.29, 0.717) is 23.6 Å². The summed E-state index contributed by atoms with van der Waals surface area (Å²) in [5.74, 6) is 0.0127. The van der Waals surface area contributed by atoms with Crippen LogP contribution in [-0.2, 0) is 4.74 Å². The quantitative estimate of drug-likeness (QED) is 0.636. The van der Waals surface area contributed by atoms with E-state index in [1.807, 2.05) is 0 Å². The van der Waals surface area contributed by atoms with Gasteiger partial charge >= 0.3 is 5.97 Å². The molecule has 6 nitrogen and oxygen atoms in total. The van der Waals surface area contributed by atoms with E-state index < -0.39 is 5.97 Å². The van der Waals surface area contributed by atoms with Crippen molar-refractivity contribution in [3.8, 4) is 5.75 Å². The predicted molar refractivity (Wildman–Crippen MR) is 81.6 cm³/mol. The molecule has 0 aliphatic carbocycles. The summed E-state index contributed by atoms with van der Waals surface area (Å²) in [6.07, 6.45) is 0. The van der Waals surface area contributed by atoms with E-state index in [2.05, 4.69) is 16.8 Å². The molecule has 116 valence electrons. The fourth-order valence-corrected chi connectivity index (χ4v) is 2.35. The number of carbonyl (C=O) groups excluding carboxylic acids is 1. The zero-order valence-corrected chi connectivity index (χ0v) is 12.7. The van der Waals surface area contributed by atoms with Crippen molar-refractivity contribution in [3.63, 3.8) is 0 Å². The van der Waals surface area contributed by atoms with Crippen LogP contribution < -0.4 is 10.5 Å². The zero-order valence-electron chi connectivity index (χ0n) is 12.7. The molecule has 1 aromatic rings. The average Bonchev–Trinajstić information content (AvgIpc) is 2.49. The van der Waals surface area contributed by atoms with Crippen molar-refractivity contribution in [1.29, 1.82) is 0 Å². The maximum Gasteiger partial charge on any atom is 0.343 e. The number of esters is 1. The summed E-state index contributed by atoms with van der Waals surface area (Å²) in [5, 5.41) is 0. The molecule has 0 radical (unpaired) electrons. The minimum absolute atomic E-state index is 0.304. The van der Waals surface area contributed by atoms with Crippen LogP contribution in [0.4, 0.5) is 5.69 Å². The molecule has 2 rings (SSSR count). The fourth-order valence-electron chi connectivity index (χ4n) is 2.35. The minimum Gasteiger partial charge on any atom is -0.491 e. The standard InChI is InChI=1S/C15H23N3O3/c1-17-6-8-18(9-7-17)10-11-21-13-5-3-4-12(16)14(13)15(19)20-2/h3-5H,6-11,16H2,1-2H3. The van der Waals surface area contributed by atoms with Gasteiger partial charge in [-0.2, -0.15) is 0 Å². The molecule has 1 aliphatic rings. The summed E-state index contributed by atoms with van der Waals surface area (Å²) in [6.45, 7) is 5.60. The van der Waals surface area contributed by atoms with Crippen molar-refractivity contribution in [2.75, 3.05) is 59.2 Å². The van der Waals surface area contributed by atoms with Gasteiger partial charge in [0.1, 0.15) is 17.9 Å². The fraction of sp³-hybridized carbons (Fsp3) is 0.533. The second-order valence-corrected chi connectivity index (χ2v) is 5.21. The molecular weight excluding hydrogens is 270 g/mol. The Bertz CT molecular complexity index is 485. The zero-order chi connectivity index (χ0) is 15.2. The number of piperazine rings is 1. The van der Waals surface area contributed by atoms with Crippen LogP contribution in [0.2, 0.25) is 0 Å². The Kier molecular flexibility index (Phi) is 5.41. The summed E-state index contributed by atoms with van der Waals surface area (Å²) >= 11 is 0. The lowest BCUT2D eigenvalue weighted by Crippen LogP contribution is -2.45. The van der Waals surface area contributed by atoms with Gasteiger partial charge in [0.25, 0.3) is 0 Å². The molecule has 0 atom stereocenters. The summed E-state index contributed by atoms with van der Waals surface area (Å²) < 4.78 is 10.5. The first-order valence-electron chi connectivity index (χ1n) is 7.12. The monoisotopic (exact) mass is 293 g/mol. The Morgan fingerprint density at radius 3 is 2.67 bits per heavy atom. The molecule has 0 aromatic heterocycles. The second-order valence-electron chi connectivity index (χ2n) is 5.21. The van der Waals surface area contributed by atoms with Crippen molar-refractivity contribution in [2.45, 2.75) is 0 Å². The van der Waals surface area contributed by atoms with Crippen molar-refractivity contribution in [2.24, 2.45) is 0 Å². The van der Waals surface area contributed by atoms with Crippen LogP contribution in [0, 0.1) is 0 Å². The summed E-state index contributed by atoms with van der Waals surface area (Å²) in [6, 6.07) is 5.18. The number of carbonyl (C=O) groups is 1. The highest BCUT2D eigenvalue weighted by molar-refractivity contribution is 5.98. The molecule has 2 N–H and O–H groups in total. The van der Waals surface area contributed by atoms with Gasteiger partial charge in [-0.3, -0.25) is 4.90 Å². The highest BCUT2D eigenvalue weighted by Crippen LogP contribution is 2.25. The van der Waals surface area contributed by atoms with Gasteiger partial charge in [0.15, 0.2) is 0 Å². The van der Waals surface area contributed by atoms with Crippen LogP contribution in [0.5, 0.6) is 5.75 Å². The number of benzene rings is 1. The van der Waals surface area contributed by atoms with E-state index in [1.165, 1.54) is 7.11 Å². The van der Waals surface area contributed by atoms with E-state index >= 15 is 0 Å². The first kappa shape index (κ1) is 15.6. The van der Waals surface area contributed by atoms with E-state index in [-0.39, 0.29) is 0 Å². The number of likely N-dealkylation sites (N-methyl/N-ethyl adjacent to an activating group) is 1. The first-order valence-corrected chi connectivity index (χ1v) is 7.12. The number of methoxy groups -OCH3 is 1. The topological polar surface area (TPSA) is 68.0 Å².